The van der Waals surface area contributed by atoms with Crippen molar-refractivity contribution in [1.82, 2.24) is 20.0 Å². The second kappa shape index (κ2) is 11.8. The van der Waals surface area contributed by atoms with Crippen molar-refractivity contribution < 1.29 is 4.79 Å². The Bertz CT molecular complexity index is 2030. The maximum Gasteiger partial charge on any atom is 0.271 e. The molecule has 0 bridgehead atoms. The van der Waals surface area contributed by atoms with Crippen LogP contribution in [-0.2, 0) is 5.75 Å². The van der Waals surface area contributed by atoms with Gasteiger partial charge in [-0.05, 0) is 53.6 Å². The lowest BCUT2D eigenvalue weighted by Crippen LogP contribution is -2.17. The number of hydrogen-bond donors (Lipinski definition) is 2. The molecule has 0 aliphatic carbocycles. The first kappa shape index (κ1) is 26.5. The van der Waals surface area contributed by atoms with E-state index in [2.05, 4.69) is 61.5 Å². The molecule has 2 N–H and O–H groups in total. The molecule has 0 spiro atoms. The van der Waals surface area contributed by atoms with Gasteiger partial charge in [-0.3, -0.25) is 4.79 Å². The Labute approximate surface area is 253 Å². The van der Waals surface area contributed by atoms with E-state index in [4.69, 9.17) is 0 Å². The molecule has 43 heavy (non-hydrogen) atoms. The van der Waals surface area contributed by atoms with E-state index in [0.29, 0.717) is 5.56 Å². The fourth-order valence-electron chi connectivity index (χ4n) is 5.24. The minimum atomic E-state index is -0.263. The normalized spacial score (nSPS) is 11.4. The topological polar surface area (TPSA) is 75.1 Å². The second-order valence-electron chi connectivity index (χ2n) is 10.1. The van der Waals surface area contributed by atoms with Gasteiger partial charge in [-0.2, -0.15) is 5.10 Å². The van der Waals surface area contributed by atoms with Crippen molar-refractivity contribution in [3.05, 3.63) is 150 Å². The average Bonchev–Trinajstić information content (AvgIpc) is 3.64. The van der Waals surface area contributed by atoms with Crippen LogP contribution in [0.3, 0.4) is 0 Å². The van der Waals surface area contributed by atoms with E-state index in [1.807, 2.05) is 97.1 Å². The first-order chi connectivity index (χ1) is 21.2. The fraction of sp³-hybridized carbons (Fsp3) is 0.0278. The highest BCUT2D eigenvalue weighted by Crippen LogP contribution is 2.35. The Kier molecular flexibility index (Phi) is 7.29. The highest BCUT2D eigenvalue weighted by molar-refractivity contribution is 7.98. The van der Waals surface area contributed by atoms with E-state index in [0.717, 1.165) is 60.9 Å². The second-order valence-corrected chi connectivity index (χ2v) is 11.0. The molecule has 0 aliphatic rings. The molecular weight excluding hydrogens is 550 g/mol. The van der Waals surface area contributed by atoms with E-state index >= 15 is 0 Å². The number of imidazole rings is 1. The molecule has 208 valence electrons. The Balaban J connectivity index is 1.12. The van der Waals surface area contributed by atoms with Crippen LogP contribution in [0.25, 0.3) is 38.9 Å². The van der Waals surface area contributed by atoms with Gasteiger partial charge in [-0.25, -0.2) is 10.4 Å². The van der Waals surface area contributed by atoms with Gasteiger partial charge >= 0.3 is 0 Å². The summed E-state index contributed by atoms with van der Waals surface area (Å²) in [6.07, 6.45) is 1.75. The van der Waals surface area contributed by atoms with Gasteiger partial charge in [-0.15, -0.1) is 0 Å². The van der Waals surface area contributed by atoms with Crippen molar-refractivity contribution in [2.24, 2.45) is 5.10 Å². The maximum atomic E-state index is 13.0. The van der Waals surface area contributed by atoms with Gasteiger partial charge in [0.15, 0.2) is 5.16 Å². The van der Waals surface area contributed by atoms with E-state index < -0.39 is 0 Å². The predicted molar refractivity (Wildman–Crippen MR) is 176 cm³/mol. The summed E-state index contributed by atoms with van der Waals surface area (Å²) in [6, 6.07) is 44.4. The zero-order valence-corrected chi connectivity index (χ0v) is 24.0. The SMILES string of the molecule is O=C(NN=Cc1c(-c2ccccc2)n(-c2ccccc2)c2ccccc12)c1ccc(CSc2nc3ccccc3[nH]2)cc1. The van der Waals surface area contributed by atoms with Crippen LogP contribution in [0, 0.1) is 0 Å². The molecule has 0 saturated heterocycles. The minimum Gasteiger partial charge on any atom is -0.333 e. The molecule has 2 heterocycles. The number of benzene rings is 5. The highest BCUT2D eigenvalue weighted by Gasteiger charge is 2.18. The fourth-order valence-corrected chi connectivity index (χ4v) is 6.08. The number of para-hydroxylation sites is 4. The number of nitrogens with zero attached hydrogens (tertiary/aromatic N) is 3. The third-order valence-corrected chi connectivity index (χ3v) is 8.24. The van der Waals surface area contributed by atoms with Crippen molar-refractivity contribution in [2.75, 3.05) is 0 Å². The third-order valence-electron chi connectivity index (χ3n) is 7.29. The van der Waals surface area contributed by atoms with Gasteiger partial charge in [0.25, 0.3) is 5.91 Å². The van der Waals surface area contributed by atoms with Crippen LogP contribution in [-0.4, -0.2) is 26.7 Å². The smallest absolute Gasteiger partial charge is 0.271 e. The zero-order chi connectivity index (χ0) is 29.0. The van der Waals surface area contributed by atoms with Crippen LogP contribution >= 0.6 is 11.8 Å². The standard InChI is InChI=1S/C36H27N5OS/c42-35(27-21-19-25(20-22-27)24-43-36-38-31-16-8-9-17-32(31)39-36)40-37-23-30-29-15-7-10-18-33(29)41(28-13-5-2-6-14-28)34(30)26-11-3-1-4-12-26/h1-23H,24H2,(H,38,39)(H,40,42). The molecule has 0 unspecified atom stereocenters. The summed E-state index contributed by atoms with van der Waals surface area (Å²) in [6.45, 7) is 0. The lowest BCUT2D eigenvalue weighted by atomic mass is 10.1. The Hall–Kier alpha value is -5.40. The van der Waals surface area contributed by atoms with Crippen molar-refractivity contribution in [3.8, 4) is 16.9 Å². The van der Waals surface area contributed by atoms with Gasteiger partial charge < -0.3 is 9.55 Å². The number of aromatic nitrogens is 3. The van der Waals surface area contributed by atoms with Gasteiger partial charge in [0.2, 0.25) is 0 Å². The molecule has 7 rings (SSSR count). The Morgan fingerprint density at radius 2 is 1.51 bits per heavy atom. The molecular formula is C36H27N5OS. The molecule has 0 aliphatic heterocycles. The summed E-state index contributed by atoms with van der Waals surface area (Å²) in [5.74, 6) is 0.481. The highest BCUT2D eigenvalue weighted by atomic mass is 32.2. The molecule has 1 amide bonds. The molecule has 5 aromatic carbocycles. The number of nitrogens with one attached hydrogen (secondary N) is 2. The first-order valence-corrected chi connectivity index (χ1v) is 15.0. The Morgan fingerprint density at radius 1 is 0.814 bits per heavy atom. The quantitative estimate of drug-likeness (QED) is 0.109. The number of amides is 1. The molecule has 2 aromatic heterocycles. The van der Waals surface area contributed by atoms with Crippen LogP contribution in [0.5, 0.6) is 0 Å². The summed E-state index contributed by atoms with van der Waals surface area (Å²) in [4.78, 5) is 21.0. The van der Waals surface area contributed by atoms with Crippen LogP contribution in [0.4, 0.5) is 0 Å². The number of carbonyl (C=O) groups excluding carboxylic acids is 1. The van der Waals surface area contributed by atoms with Crippen molar-refractivity contribution >= 4 is 45.8 Å². The molecule has 0 atom stereocenters. The lowest BCUT2D eigenvalue weighted by molar-refractivity contribution is 0.0955. The van der Waals surface area contributed by atoms with Gasteiger partial charge in [-0.1, -0.05) is 103 Å². The van der Waals surface area contributed by atoms with E-state index in [-0.39, 0.29) is 5.91 Å². The van der Waals surface area contributed by atoms with Crippen LogP contribution in [0.15, 0.2) is 144 Å². The first-order valence-electron chi connectivity index (χ1n) is 14.0. The van der Waals surface area contributed by atoms with Crippen molar-refractivity contribution in [1.29, 1.82) is 0 Å². The lowest BCUT2D eigenvalue weighted by Gasteiger charge is -2.12. The maximum absolute atomic E-state index is 13.0. The molecule has 0 fully saturated rings. The summed E-state index contributed by atoms with van der Waals surface area (Å²) in [7, 11) is 0. The van der Waals surface area contributed by atoms with E-state index in [9.17, 15) is 4.79 Å². The Morgan fingerprint density at radius 3 is 2.30 bits per heavy atom. The number of aromatic amines is 1. The summed E-state index contributed by atoms with van der Waals surface area (Å²) in [5.41, 5.74) is 11.5. The van der Waals surface area contributed by atoms with Gasteiger partial charge in [0.05, 0.1) is 28.5 Å². The monoisotopic (exact) mass is 577 g/mol. The molecule has 7 heteroatoms. The number of rotatable bonds is 8. The predicted octanol–water partition coefficient (Wildman–Crippen LogP) is 8.23. The number of thioether (sulfide) groups is 1. The molecule has 6 nitrogen and oxygen atoms in total. The third kappa shape index (κ3) is 5.46. The van der Waals surface area contributed by atoms with E-state index in [1.165, 1.54) is 0 Å². The van der Waals surface area contributed by atoms with Crippen molar-refractivity contribution in [2.45, 2.75) is 10.9 Å². The molecule has 0 saturated carbocycles. The largest absolute Gasteiger partial charge is 0.333 e. The van der Waals surface area contributed by atoms with Crippen LogP contribution in [0.1, 0.15) is 21.5 Å². The number of fused-ring (bicyclic) bond motifs is 2. The molecule has 7 aromatic rings. The number of H-pyrrole nitrogens is 1. The zero-order valence-electron chi connectivity index (χ0n) is 23.1. The van der Waals surface area contributed by atoms with Crippen LogP contribution < -0.4 is 5.43 Å². The number of carbonyl (C=O) groups is 1. The summed E-state index contributed by atoms with van der Waals surface area (Å²) < 4.78 is 2.25. The molecule has 0 radical (unpaired) electrons. The van der Waals surface area contributed by atoms with Gasteiger partial charge in [0, 0.05) is 28.0 Å². The van der Waals surface area contributed by atoms with Crippen LogP contribution in [0.2, 0.25) is 0 Å². The van der Waals surface area contributed by atoms with Crippen molar-refractivity contribution in [3.63, 3.8) is 0 Å². The minimum absolute atomic E-state index is 0.263. The van der Waals surface area contributed by atoms with E-state index in [1.54, 1.807) is 18.0 Å². The summed E-state index contributed by atoms with van der Waals surface area (Å²) in [5, 5.41) is 6.35. The number of hydrazone groups is 1. The summed E-state index contributed by atoms with van der Waals surface area (Å²) >= 11 is 1.63. The number of hydrogen-bond acceptors (Lipinski definition) is 4. The average molecular weight is 578 g/mol. The van der Waals surface area contributed by atoms with Gasteiger partial charge in [0.1, 0.15) is 0 Å².